The van der Waals surface area contributed by atoms with E-state index in [0.717, 1.165) is 12.0 Å². The molecule has 0 saturated carbocycles. The van der Waals surface area contributed by atoms with Crippen LogP contribution in [0.15, 0.2) is 35.9 Å². The number of allylic oxidation sites excluding steroid dienone is 1. The summed E-state index contributed by atoms with van der Waals surface area (Å²) in [6.07, 6.45) is 2.73. The first kappa shape index (κ1) is 19.4. The Morgan fingerprint density at radius 1 is 1.26 bits per heavy atom. The minimum absolute atomic E-state index is 0.203. The van der Waals surface area contributed by atoms with Crippen LogP contribution in [0.3, 0.4) is 0 Å². The molecule has 0 fully saturated rings. The number of ether oxygens (including phenoxy) is 1. The zero-order valence-corrected chi connectivity index (χ0v) is 14.7. The predicted molar refractivity (Wildman–Crippen MR) is 91.4 cm³/mol. The number of hydrogen-bond donors (Lipinski definition) is 1. The van der Waals surface area contributed by atoms with Gasteiger partial charge in [0.1, 0.15) is 5.75 Å². The van der Waals surface area contributed by atoms with Crippen LogP contribution in [0.5, 0.6) is 5.75 Å². The first-order chi connectivity index (χ1) is 10.8. The van der Waals surface area contributed by atoms with E-state index in [1.807, 2.05) is 38.1 Å². The SMILES string of the molecule is CC(=CC(C)CC(C)COO)C(=O)Oc1cccc(C(C)C)c1. The standard InChI is InChI=1S/C19H28O4/c1-13(2)17-7-6-8-18(11-17)23-19(20)16(5)10-14(3)9-15(4)12-22-21/h6-8,10-11,13-15,21H,9,12H2,1-5H3. The lowest BCUT2D eigenvalue weighted by molar-refractivity contribution is -0.250. The largest absolute Gasteiger partial charge is 0.423 e. The Bertz CT molecular complexity index is 534. The van der Waals surface area contributed by atoms with Crippen molar-refractivity contribution < 1.29 is 19.7 Å². The normalized spacial score (nSPS) is 14.7. The van der Waals surface area contributed by atoms with Crippen molar-refractivity contribution in [2.45, 2.75) is 47.0 Å². The number of carbonyl (C=O) groups excluding carboxylic acids is 1. The molecule has 0 heterocycles. The summed E-state index contributed by atoms with van der Waals surface area (Å²) in [5.41, 5.74) is 1.73. The maximum atomic E-state index is 12.2. The van der Waals surface area contributed by atoms with E-state index in [4.69, 9.17) is 9.99 Å². The molecule has 23 heavy (non-hydrogen) atoms. The van der Waals surface area contributed by atoms with E-state index in [9.17, 15) is 4.79 Å². The summed E-state index contributed by atoms with van der Waals surface area (Å²) in [6.45, 7) is 10.3. The number of carbonyl (C=O) groups is 1. The predicted octanol–water partition coefficient (Wildman–Crippen LogP) is 4.81. The third kappa shape index (κ3) is 6.97. The molecular weight excluding hydrogens is 292 g/mol. The molecule has 0 spiro atoms. The maximum absolute atomic E-state index is 12.2. The van der Waals surface area contributed by atoms with Gasteiger partial charge < -0.3 is 4.74 Å². The van der Waals surface area contributed by atoms with Gasteiger partial charge in [-0.05, 0) is 48.8 Å². The van der Waals surface area contributed by atoms with Gasteiger partial charge in [-0.15, -0.1) is 0 Å². The van der Waals surface area contributed by atoms with Gasteiger partial charge >= 0.3 is 5.97 Å². The van der Waals surface area contributed by atoms with E-state index in [0.29, 0.717) is 23.8 Å². The Labute approximate surface area is 139 Å². The topological polar surface area (TPSA) is 55.8 Å². The van der Waals surface area contributed by atoms with E-state index in [2.05, 4.69) is 18.7 Å². The fourth-order valence-electron chi connectivity index (χ4n) is 2.52. The van der Waals surface area contributed by atoms with Crippen LogP contribution in [-0.4, -0.2) is 17.8 Å². The summed E-state index contributed by atoms with van der Waals surface area (Å²) in [6, 6.07) is 7.62. The van der Waals surface area contributed by atoms with E-state index in [1.54, 1.807) is 13.0 Å². The molecule has 0 aromatic heterocycles. The Balaban J connectivity index is 2.65. The summed E-state index contributed by atoms with van der Waals surface area (Å²) in [5, 5.41) is 8.46. The van der Waals surface area contributed by atoms with E-state index < -0.39 is 0 Å². The number of hydrogen-bond acceptors (Lipinski definition) is 4. The maximum Gasteiger partial charge on any atom is 0.338 e. The highest BCUT2D eigenvalue weighted by atomic mass is 17.1. The average molecular weight is 320 g/mol. The second-order valence-electron chi connectivity index (χ2n) is 6.58. The van der Waals surface area contributed by atoms with Gasteiger partial charge in [0.05, 0.1) is 6.61 Å². The molecule has 0 aliphatic carbocycles. The quantitative estimate of drug-likeness (QED) is 0.245. The second kappa shape index (κ2) is 9.48. The van der Waals surface area contributed by atoms with Crippen LogP contribution in [0.2, 0.25) is 0 Å². The minimum atomic E-state index is -0.330. The zero-order valence-electron chi connectivity index (χ0n) is 14.7. The van der Waals surface area contributed by atoms with Crippen molar-refractivity contribution in [3.8, 4) is 5.75 Å². The summed E-state index contributed by atoms with van der Waals surface area (Å²) < 4.78 is 5.45. The highest BCUT2D eigenvalue weighted by Crippen LogP contribution is 2.21. The minimum Gasteiger partial charge on any atom is -0.423 e. The molecule has 1 rings (SSSR count). The van der Waals surface area contributed by atoms with Crippen molar-refractivity contribution in [1.82, 2.24) is 0 Å². The van der Waals surface area contributed by atoms with Crippen molar-refractivity contribution in [2.24, 2.45) is 11.8 Å². The molecule has 0 bridgehead atoms. The summed E-state index contributed by atoms with van der Waals surface area (Å²) in [5.74, 6) is 1.06. The van der Waals surface area contributed by atoms with Crippen LogP contribution in [0.25, 0.3) is 0 Å². The molecule has 2 atom stereocenters. The lowest BCUT2D eigenvalue weighted by atomic mass is 9.96. The highest BCUT2D eigenvalue weighted by Gasteiger charge is 2.12. The second-order valence-corrected chi connectivity index (χ2v) is 6.58. The van der Waals surface area contributed by atoms with Gasteiger partial charge in [-0.3, -0.25) is 5.26 Å². The molecule has 0 aliphatic rings. The molecule has 0 amide bonds. The van der Waals surface area contributed by atoms with Crippen molar-refractivity contribution in [2.75, 3.05) is 6.61 Å². The van der Waals surface area contributed by atoms with Gasteiger partial charge in [-0.2, -0.15) is 0 Å². The van der Waals surface area contributed by atoms with Gasteiger partial charge in [0.15, 0.2) is 0 Å². The molecule has 0 aliphatic heterocycles. The molecule has 1 aromatic rings. The van der Waals surface area contributed by atoms with Gasteiger partial charge in [-0.1, -0.05) is 45.9 Å². The highest BCUT2D eigenvalue weighted by molar-refractivity contribution is 5.89. The third-order valence-electron chi connectivity index (χ3n) is 3.73. The molecule has 1 aromatic carbocycles. The Hall–Kier alpha value is -1.65. The van der Waals surface area contributed by atoms with Gasteiger partial charge in [-0.25, -0.2) is 9.68 Å². The fraction of sp³-hybridized carbons (Fsp3) is 0.526. The molecule has 0 saturated heterocycles. The van der Waals surface area contributed by atoms with Crippen LogP contribution < -0.4 is 4.74 Å². The van der Waals surface area contributed by atoms with Crippen molar-refractivity contribution >= 4 is 5.97 Å². The number of rotatable bonds is 8. The molecule has 0 radical (unpaired) electrons. The van der Waals surface area contributed by atoms with Crippen LogP contribution in [-0.2, 0) is 9.68 Å². The molecular formula is C19H28O4. The third-order valence-corrected chi connectivity index (χ3v) is 3.73. The lowest BCUT2D eigenvalue weighted by Crippen LogP contribution is -2.12. The van der Waals surface area contributed by atoms with Gasteiger partial charge in [0.2, 0.25) is 0 Å². The number of benzene rings is 1. The van der Waals surface area contributed by atoms with Crippen LogP contribution in [0, 0.1) is 11.8 Å². The van der Waals surface area contributed by atoms with Gasteiger partial charge in [0.25, 0.3) is 0 Å². The Morgan fingerprint density at radius 2 is 1.96 bits per heavy atom. The van der Waals surface area contributed by atoms with Crippen LogP contribution in [0.4, 0.5) is 0 Å². The monoisotopic (exact) mass is 320 g/mol. The summed E-state index contributed by atoms with van der Waals surface area (Å²) >= 11 is 0. The van der Waals surface area contributed by atoms with E-state index >= 15 is 0 Å². The number of esters is 1. The smallest absolute Gasteiger partial charge is 0.338 e. The van der Waals surface area contributed by atoms with E-state index in [-0.39, 0.29) is 17.8 Å². The summed E-state index contributed by atoms with van der Waals surface area (Å²) in [4.78, 5) is 16.3. The van der Waals surface area contributed by atoms with Crippen molar-refractivity contribution in [3.05, 3.63) is 41.5 Å². The Kier molecular flexibility index (Phi) is 8.00. The molecule has 128 valence electrons. The fourth-order valence-corrected chi connectivity index (χ4v) is 2.52. The zero-order chi connectivity index (χ0) is 17.4. The van der Waals surface area contributed by atoms with Crippen molar-refractivity contribution in [3.63, 3.8) is 0 Å². The summed E-state index contributed by atoms with van der Waals surface area (Å²) in [7, 11) is 0. The van der Waals surface area contributed by atoms with Crippen molar-refractivity contribution in [1.29, 1.82) is 0 Å². The molecule has 1 N–H and O–H groups in total. The van der Waals surface area contributed by atoms with Crippen LogP contribution >= 0.6 is 0 Å². The Morgan fingerprint density at radius 3 is 2.57 bits per heavy atom. The molecule has 4 heteroatoms. The molecule has 4 nitrogen and oxygen atoms in total. The van der Waals surface area contributed by atoms with E-state index in [1.165, 1.54) is 0 Å². The first-order valence-electron chi connectivity index (χ1n) is 8.10. The van der Waals surface area contributed by atoms with Crippen LogP contribution in [0.1, 0.15) is 52.5 Å². The first-order valence-corrected chi connectivity index (χ1v) is 8.10. The van der Waals surface area contributed by atoms with Gasteiger partial charge in [0, 0.05) is 5.57 Å². The molecule has 2 unspecified atom stereocenters. The lowest BCUT2D eigenvalue weighted by Gasteiger charge is -2.14. The average Bonchev–Trinajstić information content (AvgIpc) is 2.47.